The molecule has 7 nitrogen and oxygen atoms in total. The minimum Gasteiger partial charge on any atom is -0.493 e. The van der Waals surface area contributed by atoms with Crippen LogP contribution in [0.15, 0.2) is 18.2 Å². The van der Waals surface area contributed by atoms with Crippen LogP contribution in [0.25, 0.3) is 0 Å². The number of rotatable bonds is 9. The predicted molar refractivity (Wildman–Crippen MR) is 105 cm³/mol. The number of ether oxygens (including phenoxy) is 3. The average Bonchev–Trinajstić information content (AvgIpc) is 2.68. The van der Waals surface area contributed by atoms with E-state index in [1.165, 1.54) is 0 Å². The quantitative estimate of drug-likeness (QED) is 0.679. The van der Waals surface area contributed by atoms with Gasteiger partial charge in [-0.05, 0) is 31.0 Å². The summed E-state index contributed by atoms with van der Waals surface area (Å²) in [6, 6.07) is 5.89. The van der Waals surface area contributed by atoms with Gasteiger partial charge in [0.15, 0.2) is 11.5 Å². The normalized spacial score (nSPS) is 18.4. The van der Waals surface area contributed by atoms with E-state index in [9.17, 15) is 4.79 Å². The van der Waals surface area contributed by atoms with Crippen molar-refractivity contribution >= 4 is 5.91 Å². The van der Waals surface area contributed by atoms with Crippen LogP contribution in [0.2, 0.25) is 0 Å². The number of nitrogens with one attached hydrogen (secondary N) is 1. The Morgan fingerprint density at radius 2 is 1.96 bits per heavy atom. The van der Waals surface area contributed by atoms with Crippen molar-refractivity contribution in [1.29, 1.82) is 0 Å². The third-order valence-corrected chi connectivity index (χ3v) is 5.02. The van der Waals surface area contributed by atoms with Crippen LogP contribution < -0.4 is 20.5 Å². The Labute approximate surface area is 162 Å². The van der Waals surface area contributed by atoms with Crippen LogP contribution in [0.5, 0.6) is 11.5 Å². The second-order valence-corrected chi connectivity index (χ2v) is 7.16. The molecule has 1 heterocycles. The van der Waals surface area contributed by atoms with Crippen LogP contribution in [0, 0.1) is 0 Å². The van der Waals surface area contributed by atoms with E-state index in [1.807, 2.05) is 25.1 Å². The highest BCUT2D eigenvalue weighted by Crippen LogP contribution is 2.32. The number of nitrogens with zero attached hydrogens (tertiary/aromatic N) is 1. The molecule has 27 heavy (non-hydrogen) atoms. The van der Waals surface area contributed by atoms with Crippen LogP contribution in [-0.4, -0.2) is 63.4 Å². The van der Waals surface area contributed by atoms with Crippen molar-refractivity contribution in [3.05, 3.63) is 23.8 Å². The van der Waals surface area contributed by atoms with E-state index in [1.54, 1.807) is 21.1 Å². The largest absolute Gasteiger partial charge is 0.493 e. The summed E-state index contributed by atoms with van der Waals surface area (Å²) in [4.78, 5) is 14.9. The topological polar surface area (TPSA) is 86.1 Å². The smallest absolute Gasteiger partial charge is 0.239 e. The Kier molecular flexibility index (Phi) is 7.89. The molecule has 0 saturated carbocycles. The molecule has 152 valence electrons. The SMILES string of the molecule is CCCC(C)(N)C(=O)NCC(c1ccc(OC)c(OC)c1)N1CCOCC1. The first kappa shape index (κ1) is 21.5. The molecule has 1 aromatic rings. The molecule has 3 N–H and O–H groups in total. The highest BCUT2D eigenvalue weighted by atomic mass is 16.5. The zero-order valence-electron chi connectivity index (χ0n) is 16.9. The number of carbonyl (C=O) groups excluding carboxylic acids is 1. The minimum atomic E-state index is -0.859. The molecule has 1 aromatic carbocycles. The van der Waals surface area contributed by atoms with Gasteiger partial charge in [0.25, 0.3) is 0 Å². The van der Waals surface area contributed by atoms with E-state index in [2.05, 4.69) is 10.2 Å². The second kappa shape index (κ2) is 9.92. The van der Waals surface area contributed by atoms with Gasteiger partial charge in [0.2, 0.25) is 5.91 Å². The number of morpholine rings is 1. The maximum absolute atomic E-state index is 12.6. The third-order valence-electron chi connectivity index (χ3n) is 5.02. The number of methoxy groups -OCH3 is 2. The number of benzene rings is 1. The van der Waals surface area contributed by atoms with E-state index in [0.29, 0.717) is 37.7 Å². The van der Waals surface area contributed by atoms with Crippen molar-refractivity contribution in [3.8, 4) is 11.5 Å². The molecule has 1 fully saturated rings. The molecule has 7 heteroatoms. The lowest BCUT2D eigenvalue weighted by Gasteiger charge is -2.35. The Morgan fingerprint density at radius 3 is 2.56 bits per heavy atom. The van der Waals surface area contributed by atoms with Crippen molar-refractivity contribution in [2.24, 2.45) is 5.73 Å². The van der Waals surface area contributed by atoms with Crippen molar-refractivity contribution in [1.82, 2.24) is 10.2 Å². The summed E-state index contributed by atoms with van der Waals surface area (Å²) in [6.45, 7) is 7.27. The number of hydrogen-bond donors (Lipinski definition) is 2. The van der Waals surface area contributed by atoms with Gasteiger partial charge in [-0.15, -0.1) is 0 Å². The Bertz CT molecular complexity index is 615. The van der Waals surface area contributed by atoms with Gasteiger partial charge in [0.1, 0.15) is 0 Å². The molecule has 0 bridgehead atoms. The summed E-state index contributed by atoms with van der Waals surface area (Å²) in [5.74, 6) is 1.24. The number of nitrogens with two attached hydrogens (primary N) is 1. The first-order valence-electron chi connectivity index (χ1n) is 9.53. The maximum Gasteiger partial charge on any atom is 0.239 e. The monoisotopic (exact) mass is 379 g/mol. The van der Waals surface area contributed by atoms with Gasteiger partial charge in [0, 0.05) is 19.6 Å². The first-order valence-corrected chi connectivity index (χ1v) is 9.53. The van der Waals surface area contributed by atoms with Gasteiger partial charge in [0.05, 0.1) is 39.0 Å². The number of carbonyl (C=O) groups is 1. The van der Waals surface area contributed by atoms with E-state index >= 15 is 0 Å². The fraction of sp³-hybridized carbons (Fsp3) is 0.650. The lowest BCUT2D eigenvalue weighted by Crippen LogP contribution is -2.53. The summed E-state index contributed by atoms with van der Waals surface area (Å²) in [5, 5.41) is 3.05. The van der Waals surface area contributed by atoms with Crippen LogP contribution in [-0.2, 0) is 9.53 Å². The lowest BCUT2D eigenvalue weighted by atomic mass is 9.96. The summed E-state index contributed by atoms with van der Waals surface area (Å²) in [6.07, 6.45) is 1.51. The summed E-state index contributed by atoms with van der Waals surface area (Å²) in [5.41, 5.74) is 6.38. The zero-order chi connectivity index (χ0) is 19.9. The second-order valence-electron chi connectivity index (χ2n) is 7.16. The molecule has 0 aromatic heterocycles. The van der Waals surface area contributed by atoms with E-state index < -0.39 is 5.54 Å². The van der Waals surface area contributed by atoms with Gasteiger partial charge in [-0.25, -0.2) is 0 Å². The van der Waals surface area contributed by atoms with Crippen LogP contribution in [0.3, 0.4) is 0 Å². The molecule has 0 aliphatic carbocycles. The number of amides is 1. The lowest BCUT2D eigenvalue weighted by molar-refractivity contribution is -0.126. The molecule has 2 atom stereocenters. The van der Waals surface area contributed by atoms with E-state index in [4.69, 9.17) is 19.9 Å². The molecular weight excluding hydrogens is 346 g/mol. The summed E-state index contributed by atoms with van der Waals surface area (Å²) in [7, 11) is 3.24. The average molecular weight is 380 g/mol. The van der Waals surface area contributed by atoms with Crippen molar-refractivity contribution in [3.63, 3.8) is 0 Å². The van der Waals surface area contributed by atoms with Crippen molar-refractivity contribution < 1.29 is 19.0 Å². The fourth-order valence-electron chi connectivity index (χ4n) is 3.43. The molecule has 2 unspecified atom stereocenters. The Morgan fingerprint density at radius 1 is 1.30 bits per heavy atom. The van der Waals surface area contributed by atoms with Crippen molar-refractivity contribution in [2.45, 2.75) is 38.3 Å². The van der Waals surface area contributed by atoms with E-state index in [-0.39, 0.29) is 11.9 Å². The predicted octanol–water partition coefficient (Wildman–Crippen LogP) is 1.71. The molecule has 0 radical (unpaired) electrons. The summed E-state index contributed by atoms with van der Waals surface area (Å²) >= 11 is 0. The van der Waals surface area contributed by atoms with Gasteiger partial charge in [-0.3, -0.25) is 9.69 Å². The number of hydrogen-bond acceptors (Lipinski definition) is 6. The molecular formula is C20H33N3O4. The standard InChI is InChI=1S/C20H33N3O4/c1-5-8-20(2,21)19(24)22-14-16(23-9-11-27-12-10-23)15-6-7-17(25-3)18(13-15)26-4/h6-7,13,16H,5,8-12,14,21H2,1-4H3,(H,22,24). The molecule has 1 aliphatic heterocycles. The highest BCUT2D eigenvalue weighted by Gasteiger charge is 2.29. The Hall–Kier alpha value is -1.83. The van der Waals surface area contributed by atoms with Gasteiger partial charge >= 0.3 is 0 Å². The summed E-state index contributed by atoms with van der Waals surface area (Å²) < 4.78 is 16.3. The highest BCUT2D eigenvalue weighted by molar-refractivity contribution is 5.85. The first-order chi connectivity index (χ1) is 12.9. The molecule has 2 rings (SSSR count). The fourth-order valence-corrected chi connectivity index (χ4v) is 3.43. The van der Waals surface area contributed by atoms with Crippen LogP contribution >= 0.6 is 0 Å². The van der Waals surface area contributed by atoms with Crippen LogP contribution in [0.1, 0.15) is 38.3 Å². The third kappa shape index (κ3) is 5.57. The van der Waals surface area contributed by atoms with Gasteiger partial charge in [-0.1, -0.05) is 19.4 Å². The van der Waals surface area contributed by atoms with Crippen LogP contribution in [0.4, 0.5) is 0 Å². The zero-order valence-corrected chi connectivity index (χ0v) is 16.9. The van der Waals surface area contributed by atoms with Crippen molar-refractivity contribution in [2.75, 3.05) is 47.1 Å². The maximum atomic E-state index is 12.6. The van der Waals surface area contributed by atoms with Gasteiger partial charge < -0.3 is 25.3 Å². The van der Waals surface area contributed by atoms with Gasteiger partial charge in [-0.2, -0.15) is 0 Å². The Balaban J connectivity index is 2.20. The molecule has 0 spiro atoms. The molecule has 1 aliphatic rings. The molecule has 1 amide bonds. The minimum absolute atomic E-state index is 0.00934. The molecule has 1 saturated heterocycles. The van der Waals surface area contributed by atoms with E-state index in [0.717, 1.165) is 25.1 Å².